The van der Waals surface area contributed by atoms with Gasteiger partial charge in [0.2, 0.25) is 5.91 Å². The van der Waals surface area contributed by atoms with Gasteiger partial charge in [0.15, 0.2) is 6.29 Å². The molecule has 1 heterocycles. The molecule has 9 heteroatoms. The van der Waals surface area contributed by atoms with Crippen molar-refractivity contribution in [2.75, 3.05) is 13.2 Å². The molecule has 1 rings (SSSR count). The minimum absolute atomic E-state index is 0.0967. The molecular formula is C44H71NO8. The summed E-state index contributed by atoms with van der Waals surface area (Å²) in [4.78, 5) is 12.8. The van der Waals surface area contributed by atoms with Crippen LogP contribution < -0.4 is 5.32 Å². The van der Waals surface area contributed by atoms with Gasteiger partial charge in [-0.25, -0.2) is 0 Å². The Labute approximate surface area is 320 Å². The number of unbranched alkanes of at least 4 members (excludes halogenated alkanes) is 7. The molecule has 9 nitrogen and oxygen atoms in total. The third kappa shape index (κ3) is 24.9. The fourth-order valence-electron chi connectivity index (χ4n) is 5.43. The van der Waals surface area contributed by atoms with Crippen molar-refractivity contribution in [2.24, 2.45) is 0 Å². The van der Waals surface area contributed by atoms with E-state index in [0.29, 0.717) is 12.8 Å². The monoisotopic (exact) mass is 742 g/mol. The van der Waals surface area contributed by atoms with E-state index in [9.17, 15) is 30.3 Å². The van der Waals surface area contributed by atoms with Crippen LogP contribution in [0.3, 0.4) is 0 Å². The Morgan fingerprint density at radius 1 is 0.660 bits per heavy atom. The van der Waals surface area contributed by atoms with E-state index in [2.05, 4.69) is 86.0 Å². The van der Waals surface area contributed by atoms with Crippen LogP contribution >= 0.6 is 0 Å². The number of aliphatic hydroxyl groups is 5. The summed E-state index contributed by atoms with van der Waals surface area (Å²) < 4.78 is 11.1. The average molecular weight is 742 g/mol. The van der Waals surface area contributed by atoms with Crippen molar-refractivity contribution in [3.8, 4) is 0 Å². The van der Waals surface area contributed by atoms with Gasteiger partial charge in [0.05, 0.1) is 25.4 Å². The molecule has 1 saturated heterocycles. The SMILES string of the molecule is CC/C=C\C/C=C\C/C=C\C/C=C\C/C=C\CC(=O)NC(COC1OC(CO)C(O)C(O)C1O)C(O)/C=C/CC/C=C/CC/C=C/CCCCCCC. The topological polar surface area (TPSA) is 149 Å². The predicted molar refractivity (Wildman–Crippen MR) is 216 cm³/mol. The molecule has 53 heavy (non-hydrogen) atoms. The van der Waals surface area contributed by atoms with Crippen LogP contribution in [-0.4, -0.2) is 87.5 Å². The van der Waals surface area contributed by atoms with Gasteiger partial charge >= 0.3 is 0 Å². The lowest BCUT2D eigenvalue weighted by atomic mass is 9.99. The lowest BCUT2D eigenvalue weighted by Gasteiger charge is -2.40. The maximum Gasteiger partial charge on any atom is 0.224 e. The van der Waals surface area contributed by atoms with E-state index in [1.165, 1.54) is 32.1 Å². The van der Waals surface area contributed by atoms with Gasteiger partial charge in [-0.15, -0.1) is 0 Å². The maximum absolute atomic E-state index is 12.8. The van der Waals surface area contributed by atoms with E-state index in [1.54, 1.807) is 12.2 Å². The number of hydrogen-bond acceptors (Lipinski definition) is 8. The predicted octanol–water partition coefficient (Wildman–Crippen LogP) is 7.38. The van der Waals surface area contributed by atoms with Gasteiger partial charge < -0.3 is 40.3 Å². The molecule has 1 amide bonds. The van der Waals surface area contributed by atoms with Crippen LogP contribution in [0.25, 0.3) is 0 Å². The second kappa shape index (κ2) is 33.7. The van der Waals surface area contributed by atoms with E-state index >= 15 is 0 Å². The number of aliphatic hydroxyl groups excluding tert-OH is 5. The first-order valence-corrected chi connectivity index (χ1v) is 20.0. The van der Waals surface area contributed by atoms with Crippen LogP contribution in [0, 0.1) is 0 Å². The van der Waals surface area contributed by atoms with Gasteiger partial charge in [0.25, 0.3) is 0 Å². The molecule has 7 unspecified atom stereocenters. The largest absolute Gasteiger partial charge is 0.394 e. The highest BCUT2D eigenvalue weighted by Gasteiger charge is 2.44. The summed E-state index contributed by atoms with van der Waals surface area (Å²) in [5.74, 6) is -0.324. The Morgan fingerprint density at radius 3 is 1.75 bits per heavy atom. The van der Waals surface area contributed by atoms with Crippen LogP contribution in [0.15, 0.2) is 97.2 Å². The van der Waals surface area contributed by atoms with E-state index in [4.69, 9.17) is 9.47 Å². The van der Waals surface area contributed by atoms with Gasteiger partial charge in [-0.2, -0.15) is 0 Å². The fraction of sp³-hybridized carbons (Fsp3) is 0.614. The minimum Gasteiger partial charge on any atom is -0.394 e. The highest BCUT2D eigenvalue weighted by atomic mass is 16.7. The first-order valence-electron chi connectivity index (χ1n) is 20.0. The Hall–Kier alpha value is -2.89. The molecule has 1 aliphatic heterocycles. The molecule has 1 aliphatic rings. The molecule has 1 fully saturated rings. The van der Waals surface area contributed by atoms with Crippen LogP contribution in [0.1, 0.15) is 117 Å². The molecular weight excluding hydrogens is 670 g/mol. The lowest BCUT2D eigenvalue weighted by Crippen LogP contribution is -2.60. The summed E-state index contributed by atoms with van der Waals surface area (Å²) in [5, 5.41) is 53.8. The number of ether oxygens (including phenoxy) is 2. The van der Waals surface area contributed by atoms with Crippen LogP contribution in [0.2, 0.25) is 0 Å². The normalized spacial score (nSPS) is 22.7. The molecule has 0 radical (unpaired) electrons. The summed E-state index contributed by atoms with van der Waals surface area (Å²) >= 11 is 0. The number of allylic oxidation sites excluding steroid dienone is 14. The van der Waals surface area contributed by atoms with Crippen molar-refractivity contribution in [1.29, 1.82) is 0 Å². The second-order valence-electron chi connectivity index (χ2n) is 13.3. The summed E-state index contributed by atoms with van der Waals surface area (Å²) in [6, 6.07) is -0.886. The van der Waals surface area contributed by atoms with Crippen molar-refractivity contribution < 1.29 is 39.8 Å². The molecule has 6 N–H and O–H groups in total. The van der Waals surface area contributed by atoms with Crippen LogP contribution in [-0.2, 0) is 14.3 Å². The third-order valence-electron chi connectivity index (χ3n) is 8.65. The summed E-state index contributed by atoms with van der Waals surface area (Å²) in [6.07, 6.45) is 40.4. The molecule has 0 aromatic carbocycles. The minimum atomic E-state index is -1.59. The Morgan fingerprint density at radius 2 is 1.19 bits per heavy atom. The van der Waals surface area contributed by atoms with E-state index < -0.39 is 49.5 Å². The average Bonchev–Trinajstić information content (AvgIpc) is 3.16. The zero-order valence-corrected chi connectivity index (χ0v) is 32.5. The van der Waals surface area contributed by atoms with Gasteiger partial charge in [-0.1, -0.05) is 137 Å². The van der Waals surface area contributed by atoms with Crippen LogP contribution in [0.5, 0.6) is 0 Å². The first-order chi connectivity index (χ1) is 25.8. The number of hydrogen-bond donors (Lipinski definition) is 6. The van der Waals surface area contributed by atoms with E-state index in [-0.39, 0.29) is 18.9 Å². The fourth-order valence-corrected chi connectivity index (χ4v) is 5.43. The van der Waals surface area contributed by atoms with Crippen molar-refractivity contribution in [3.05, 3.63) is 97.2 Å². The Balaban J connectivity index is 2.57. The first kappa shape index (κ1) is 48.1. The Bertz CT molecular complexity index is 1140. The molecule has 0 bridgehead atoms. The zero-order valence-electron chi connectivity index (χ0n) is 32.5. The molecule has 0 aliphatic carbocycles. The highest BCUT2D eigenvalue weighted by Crippen LogP contribution is 2.22. The molecule has 0 aromatic heterocycles. The van der Waals surface area contributed by atoms with Crippen molar-refractivity contribution in [1.82, 2.24) is 5.32 Å². The molecule has 300 valence electrons. The maximum atomic E-state index is 12.8. The zero-order chi connectivity index (χ0) is 38.8. The van der Waals surface area contributed by atoms with Crippen LogP contribution in [0.4, 0.5) is 0 Å². The van der Waals surface area contributed by atoms with Crippen molar-refractivity contribution in [2.45, 2.75) is 159 Å². The lowest BCUT2D eigenvalue weighted by molar-refractivity contribution is -0.302. The number of rotatable bonds is 30. The number of amides is 1. The van der Waals surface area contributed by atoms with Gasteiger partial charge in [0, 0.05) is 6.42 Å². The van der Waals surface area contributed by atoms with Gasteiger partial charge in [0.1, 0.15) is 24.4 Å². The van der Waals surface area contributed by atoms with Crippen molar-refractivity contribution in [3.63, 3.8) is 0 Å². The second-order valence-corrected chi connectivity index (χ2v) is 13.3. The summed E-state index contributed by atoms with van der Waals surface area (Å²) in [5.41, 5.74) is 0. The number of nitrogens with one attached hydrogen (secondary N) is 1. The quantitative estimate of drug-likeness (QED) is 0.0330. The molecule has 0 aromatic rings. The van der Waals surface area contributed by atoms with Crippen molar-refractivity contribution >= 4 is 5.91 Å². The Kier molecular flexibility index (Phi) is 30.6. The van der Waals surface area contributed by atoms with E-state index in [1.807, 2.05) is 18.2 Å². The number of carbonyl (C=O) groups excluding carboxylic acids is 1. The third-order valence-corrected chi connectivity index (χ3v) is 8.65. The van der Waals surface area contributed by atoms with Gasteiger partial charge in [-0.3, -0.25) is 4.79 Å². The molecule has 0 spiro atoms. The highest BCUT2D eigenvalue weighted by molar-refractivity contribution is 5.77. The standard InChI is InChI=1S/C44H71NO8/c1-3-5-7-9-11-13-15-17-19-21-23-25-27-29-31-33-38(47)37(36-52-44-43(51)42(50)41(49)39(35-46)53-44)45-40(48)34-32-30-28-26-24-22-20-18-16-14-12-10-8-6-4-2/h6,8,12,14-15,17-18,20,23-26,30-33,37-39,41-44,46-47,49-51H,3-5,7,9-11,13,16,19,21-22,27-29,34-36H2,1-2H3,(H,45,48)/b8-6-,14-12-,17-15+,20-18-,25-23+,26-24-,32-30-,33-31+. The molecule has 7 atom stereocenters. The summed E-state index contributed by atoms with van der Waals surface area (Å²) in [6.45, 7) is 3.52. The smallest absolute Gasteiger partial charge is 0.224 e. The summed E-state index contributed by atoms with van der Waals surface area (Å²) in [7, 11) is 0. The number of carbonyl (C=O) groups is 1. The van der Waals surface area contributed by atoms with Gasteiger partial charge in [-0.05, 0) is 70.6 Å². The van der Waals surface area contributed by atoms with E-state index in [0.717, 1.165) is 51.4 Å². The molecule has 0 saturated carbocycles.